The Kier molecular flexibility index (Phi) is 3.60. The van der Waals surface area contributed by atoms with E-state index < -0.39 is 16.0 Å². The summed E-state index contributed by atoms with van der Waals surface area (Å²) >= 11 is 0. The SMILES string of the molecule is CNS(=O)(=O)c1ccc2c(ccc3nc4cccc(C(=O)O)c4nc32)c1. The second-order valence-corrected chi connectivity index (χ2v) is 7.61. The van der Waals surface area contributed by atoms with Crippen molar-refractivity contribution in [2.45, 2.75) is 4.90 Å². The van der Waals surface area contributed by atoms with Gasteiger partial charge in [0.15, 0.2) is 0 Å². The zero-order valence-corrected chi connectivity index (χ0v) is 14.4. The van der Waals surface area contributed by atoms with Crippen molar-refractivity contribution in [1.82, 2.24) is 14.7 Å². The molecule has 0 aliphatic rings. The third-order valence-corrected chi connectivity index (χ3v) is 5.64. The summed E-state index contributed by atoms with van der Waals surface area (Å²) in [7, 11) is -2.21. The minimum atomic E-state index is -3.56. The van der Waals surface area contributed by atoms with Gasteiger partial charge in [-0.25, -0.2) is 27.9 Å². The van der Waals surface area contributed by atoms with E-state index in [2.05, 4.69) is 14.7 Å². The van der Waals surface area contributed by atoms with Gasteiger partial charge in [-0.05, 0) is 42.8 Å². The van der Waals surface area contributed by atoms with Gasteiger partial charge in [0.25, 0.3) is 0 Å². The smallest absolute Gasteiger partial charge is 0.337 e. The highest BCUT2D eigenvalue weighted by Gasteiger charge is 2.15. The highest BCUT2D eigenvalue weighted by atomic mass is 32.2. The molecule has 0 aliphatic heterocycles. The number of carboxylic acids is 1. The number of carbonyl (C=O) groups is 1. The summed E-state index contributed by atoms with van der Waals surface area (Å²) in [5.41, 5.74) is 2.00. The fourth-order valence-electron chi connectivity index (χ4n) is 2.93. The zero-order valence-electron chi connectivity index (χ0n) is 13.6. The van der Waals surface area contributed by atoms with Crippen molar-refractivity contribution in [3.8, 4) is 0 Å². The van der Waals surface area contributed by atoms with Crippen LogP contribution in [0.1, 0.15) is 10.4 Å². The molecular formula is C18H13N3O4S. The standard InChI is InChI=1S/C18H13N3O4S/c1-19-26(24,25)11-6-7-12-10(9-11)5-8-15-16(12)21-17-13(18(22)23)3-2-4-14(17)20-15/h2-9,19H,1H3,(H,22,23). The minimum absolute atomic E-state index is 0.0725. The Balaban J connectivity index is 2.08. The monoisotopic (exact) mass is 367 g/mol. The van der Waals surface area contributed by atoms with Gasteiger partial charge >= 0.3 is 5.97 Å². The first kappa shape index (κ1) is 16.4. The molecule has 26 heavy (non-hydrogen) atoms. The minimum Gasteiger partial charge on any atom is -0.478 e. The number of carboxylic acid groups (broad SMARTS) is 1. The first-order valence-corrected chi connectivity index (χ1v) is 9.19. The Morgan fingerprint density at radius 2 is 1.77 bits per heavy atom. The molecule has 1 aromatic heterocycles. The summed E-state index contributed by atoms with van der Waals surface area (Å²) in [5, 5.41) is 10.8. The van der Waals surface area contributed by atoms with E-state index in [1.54, 1.807) is 36.4 Å². The fraction of sp³-hybridized carbons (Fsp3) is 0.0556. The van der Waals surface area contributed by atoms with E-state index in [4.69, 9.17) is 0 Å². The second kappa shape index (κ2) is 5.72. The number of rotatable bonds is 3. The summed E-state index contributed by atoms with van der Waals surface area (Å²) in [6.07, 6.45) is 0. The molecule has 0 saturated heterocycles. The number of para-hydroxylation sites is 1. The maximum Gasteiger partial charge on any atom is 0.337 e. The van der Waals surface area contributed by atoms with E-state index in [1.165, 1.54) is 19.2 Å². The average Bonchev–Trinajstić information content (AvgIpc) is 2.65. The molecule has 2 N–H and O–H groups in total. The Morgan fingerprint density at radius 3 is 2.50 bits per heavy atom. The summed E-state index contributed by atoms with van der Waals surface area (Å²) in [6, 6.07) is 13.0. The van der Waals surface area contributed by atoms with Crippen LogP contribution in [0.2, 0.25) is 0 Å². The molecule has 0 saturated carbocycles. The number of aromatic nitrogens is 2. The van der Waals surface area contributed by atoms with Gasteiger partial charge in [-0.3, -0.25) is 0 Å². The summed E-state index contributed by atoms with van der Waals surface area (Å²) in [4.78, 5) is 20.6. The Labute approximate surface area is 148 Å². The number of hydrogen-bond donors (Lipinski definition) is 2. The van der Waals surface area contributed by atoms with E-state index in [9.17, 15) is 18.3 Å². The van der Waals surface area contributed by atoms with Crippen molar-refractivity contribution in [3.05, 3.63) is 54.1 Å². The second-order valence-electron chi connectivity index (χ2n) is 5.73. The van der Waals surface area contributed by atoms with E-state index in [0.29, 0.717) is 32.8 Å². The van der Waals surface area contributed by atoms with Crippen molar-refractivity contribution < 1.29 is 18.3 Å². The highest BCUT2D eigenvalue weighted by molar-refractivity contribution is 7.89. The van der Waals surface area contributed by atoms with Crippen LogP contribution in [0.4, 0.5) is 0 Å². The lowest BCUT2D eigenvalue weighted by molar-refractivity contribution is 0.0699. The van der Waals surface area contributed by atoms with E-state index in [-0.39, 0.29) is 10.5 Å². The molecule has 0 bridgehead atoms. The molecule has 0 amide bonds. The lowest BCUT2D eigenvalue weighted by Crippen LogP contribution is -2.18. The molecular weight excluding hydrogens is 354 g/mol. The molecule has 0 atom stereocenters. The number of fused-ring (bicyclic) bond motifs is 4. The van der Waals surface area contributed by atoms with Crippen LogP contribution in [-0.2, 0) is 10.0 Å². The number of sulfonamides is 1. The Bertz CT molecular complexity index is 1320. The number of aromatic carboxylic acids is 1. The summed E-state index contributed by atoms with van der Waals surface area (Å²) < 4.78 is 26.3. The summed E-state index contributed by atoms with van der Waals surface area (Å²) in [6.45, 7) is 0. The van der Waals surface area contributed by atoms with Gasteiger partial charge in [0.05, 0.1) is 27.0 Å². The largest absolute Gasteiger partial charge is 0.478 e. The van der Waals surface area contributed by atoms with Crippen molar-refractivity contribution in [2.24, 2.45) is 0 Å². The van der Waals surface area contributed by atoms with Crippen LogP contribution in [0.15, 0.2) is 53.4 Å². The van der Waals surface area contributed by atoms with Crippen LogP contribution in [0.25, 0.3) is 32.8 Å². The van der Waals surface area contributed by atoms with Crippen molar-refractivity contribution in [3.63, 3.8) is 0 Å². The highest BCUT2D eigenvalue weighted by Crippen LogP contribution is 2.27. The van der Waals surface area contributed by atoms with Crippen molar-refractivity contribution >= 4 is 48.8 Å². The van der Waals surface area contributed by atoms with Crippen LogP contribution < -0.4 is 4.72 Å². The Hall–Kier alpha value is -3.10. The van der Waals surface area contributed by atoms with Gasteiger partial charge in [-0.15, -0.1) is 0 Å². The predicted octanol–water partition coefficient (Wildman–Crippen LogP) is 2.54. The fourth-order valence-corrected chi connectivity index (χ4v) is 3.69. The normalized spacial score (nSPS) is 12.0. The summed E-state index contributed by atoms with van der Waals surface area (Å²) in [5.74, 6) is -1.08. The van der Waals surface area contributed by atoms with Gasteiger partial charge in [0.2, 0.25) is 10.0 Å². The quantitative estimate of drug-likeness (QED) is 0.425. The van der Waals surface area contributed by atoms with Gasteiger partial charge < -0.3 is 5.11 Å². The van der Waals surface area contributed by atoms with E-state index in [0.717, 1.165) is 0 Å². The molecule has 0 unspecified atom stereocenters. The first-order chi connectivity index (χ1) is 12.4. The molecule has 1 heterocycles. The maximum atomic E-state index is 12.0. The lowest BCUT2D eigenvalue weighted by atomic mass is 10.1. The zero-order chi connectivity index (χ0) is 18.5. The maximum absolute atomic E-state index is 12.0. The third-order valence-electron chi connectivity index (χ3n) is 4.23. The molecule has 0 aliphatic carbocycles. The van der Waals surface area contributed by atoms with Gasteiger partial charge in [-0.2, -0.15) is 0 Å². The van der Waals surface area contributed by atoms with Crippen LogP contribution >= 0.6 is 0 Å². The molecule has 3 aromatic carbocycles. The third kappa shape index (κ3) is 2.47. The van der Waals surface area contributed by atoms with Crippen molar-refractivity contribution in [2.75, 3.05) is 7.05 Å². The molecule has 4 aromatic rings. The molecule has 7 nitrogen and oxygen atoms in total. The molecule has 130 valence electrons. The van der Waals surface area contributed by atoms with Crippen molar-refractivity contribution in [1.29, 1.82) is 0 Å². The number of benzene rings is 3. The number of hydrogen-bond acceptors (Lipinski definition) is 5. The van der Waals surface area contributed by atoms with Crippen LogP contribution in [-0.4, -0.2) is 36.5 Å². The molecule has 4 rings (SSSR count). The number of nitrogens with zero attached hydrogens (tertiary/aromatic N) is 2. The molecule has 0 radical (unpaired) electrons. The Morgan fingerprint density at radius 1 is 1.00 bits per heavy atom. The lowest BCUT2D eigenvalue weighted by Gasteiger charge is -2.08. The topological polar surface area (TPSA) is 109 Å². The van der Waals surface area contributed by atoms with Gasteiger partial charge in [0.1, 0.15) is 5.52 Å². The van der Waals surface area contributed by atoms with Crippen LogP contribution in [0, 0.1) is 0 Å². The van der Waals surface area contributed by atoms with Gasteiger partial charge in [-0.1, -0.05) is 18.2 Å². The first-order valence-electron chi connectivity index (χ1n) is 7.71. The molecule has 0 spiro atoms. The van der Waals surface area contributed by atoms with Gasteiger partial charge in [0, 0.05) is 5.39 Å². The van der Waals surface area contributed by atoms with Crippen LogP contribution in [0.5, 0.6) is 0 Å². The number of nitrogens with one attached hydrogen (secondary N) is 1. The molecule has 0 fully saturated rings. The van der Waals surface area contributed by atoms with E-state index >= 15 is 0 Å². The molecule has 8 heteroatoms. The predicted molar refractivity (Wildman–Crippen MR) is 97.8 cm³/mol. The average molecular weight is 367 g/mol. The van der Waals surface area contributed by atoms with Crippen LogP contribution in [0.3, 0.4) is 0 Å². The van der Waals surface area contributed by atoms with E-state index in [1.807, 2.05) is 0 Å².